The van der Waals surface area contributed by atoms with Gasteiger partial charge in [0.1, 0.15) is 11.9 Å². The van der Waals surface area contributed by atoms with Crippen LogP contribution in [0.5, 0.6) is 0 Å². The fraction of sp³-hybridized carbons (Fsp3) is 0.769. The van der Waals surface area contributed by atoms with Crippen LogP contribution < -0.4 is 0 Å². The molecule has 0 radical (unpaired) electrons. The zero-order valence-corrected chi connectivity index (χ0v) is 12.1. The first-order valence-corrected chi connectivity index (χ1v) is 7.44. The molecule has 0 saturated carbocycles. The molecule has 1 aromatic rings. The Bertz CT molecular complexity index is 468. The van der Waals surface area contributed by atoms with Gasteiger partial charge in [0.2, 0.25) is 4.77 Å². The largest absolute Gasteiger partial charge is 0.462 e. The van der Waals surface area contributed by atoms with Crippen LogP contribution in [0.4, 0.5) is 0 Å². The lowest BCUT2D eigenvalue weighted by molar-refractivity contribution is -0.144. The third kappa shape index (κ3) is 4.16. The Morgan fingerprint density at radius 1 is 1.37 bits per heavy atom. The maximum Gasteiger partial charge on any atom is 0.309 e. The Balaban J connectivity index is 1.77. The van der Waals surface area contributed by atoms with Crippen LogP contribution in [0.1, 0.15) is 51.3 Å². The molecule has 106 valence electrons. The first kappa shape index (κ1) is 14.2. The second-order valence-corrected chi connectivity index (χ2v) is 5.55. The van der Waals surface area contributed by atoms with E-state index in [0.29, 0.717) is 11.2 Å². The van der Waals surface area contributed by atoms with Crippen LogP contribution in [-0.2, 0) is 16.0 Å². The van der Waals surface area contributed by atoms with E-state index < -0.39 is 0 Å². The number of carbonyl (C=O) groups is 1. The number of carbonyl (C=O) groups excluding carboxylic acids is 1. The molecule has 0 unspecified atom stereocenters. The molecule has 0 bridgehead atoms. The van der Waals surface area contributed by atoms with Gasteiger partial charge < -0.3 is 4.74 Å². The van der Waals surface area contributed by atoms with Crippen molar-refractivity contribution in [3.05, 3.63) is 10.6 Å². The zero-order chi connectivity index (χ0) is 13.7. The minimum absolute atomic E-state index is 0.0786. The minimum atomic E-state index is -0.0946. The molecular formula is C13H21N3O2S. The number of hydrogen-bond acceptors (Lipinski definition) is 4. The summed E-state index contributed by atoms with van der Waals surface area (Å²) in [5.41, 5.74) is 0. The van der Waals surface area contributed by atoms with Crippen molar-refractivity contribution >= 4 is 18.2 Å². The van der Waals surface area contributed by atoms with Crippen LogP contribution in [0.25, 0.3) is 0 Å². The average Bonchev–Trinajstić information content (AvgIpc) is 2.93. The normalized spacial score (nSPS) is 22.7. The second kappa shape index (κ2) is 6.84. The van der Waals surface area contributed by atoms with E-state index in [1.165, 1.54) is 19.3 Å². The van der Waals surface area contributed by atoms with Crippen LogP contribution in [0.3, 0.4) is 0 Å². The average molecular weight is 283 g/mol. The summed E-state index contributed by atoms with van der Waals surface area (Å²) in [5.74, 6) is 0.562. The number of esters is 1. The van der Waals surface area contributed by atoms with Gasteiger partial charge in [-0.25, -0.2) is 4.98 Å². The molecule has 2 heterocycles. The number of unbranched alkanes of at least 4 members (excludes halogenated alkanes) is 3. The lowest BCUT2D eigenvalue weighted by Crippen LogP contribution is -2.11. The number of cyclic esters (lactones) is 1. The predicted octanol–water partition coefficient (Wildman–Crippen LogP) is 2.91. The van der Waals surface area contributed by atoms with Crippen LogP contribution in [-0.4, -0.2) is 27.3 Å². The van der Waals surface area contributed by atoms with Gasteiger partial charge >= 0.3 is 5.97 Å². The van der Waals surface area contributed by atoms with Gasteiger partial charge in [-0.3, -0.25) is 15.0 Å². The SMILES string of the molecule is CCCCCC[C@H]1C[C@@H](Cc2nc(=S)[nH][nH]2)C(=O)O1. The molecule has 0 aliphatic carbocycles. The first-order valence-electron chi connectivity index (χ1n) is 7.03. The summed E-state index contributed by atoms with van der Waals surface area (Å²) in [6.07, 6.45) is 7.32. The predicted molar refractivity (Wildman–Crippen MR) is 74.2 cm³/mol. The second-order valence-electron chi connectivity index (χ2n) is 5.16. The number of aromatic amines is 2. The minimum Gasteiger partial charge on any atom is -0.462 e. The molecule has 2 rings (SSSR count). The molecule has 1 aliphatic heterocycles. The summed E-state index contributed by atoms with van der Waals surface area (Å²) in [7, 11) is 0. The molecule has 6 heteroatoms. The lowest BCUT2D eigenvalue weighted by atomic mass is 9.98. The molecule has 2 atom stereocenters. The Morgan fingerprint density at radius 2 is 2.21 bits per heavy atom. The smallest absolute Gasteiger partial charge is 0.309 e. The highest BCUT2D eigenvalue weighted by Crippen LogP contribution is 2.27. The van der Waals surface area contributed by atoms with Gasteiger partial charge in [0.05, 0.1) is 5.92 Å². The van der Waals surface area contributed by atoms with Gasteiger partial charge in [0.25, 0.3) is 0 Å². The van der Waals surface area contributed by atoms with E-state index in [2.05, 4.69) is 22.1 Å². The molecule has 5 nitrogen and oxygen atoms in total. The summed E-state index contributed by atoms with van der Waals surface area (Å²) in [5, 5.41) is 5.62. The van der Waals surface area contributed by atoms with E-state index in [-0.39, 0.29) is 18.0 Å². The Kier molecular flexibility index (Phi) is 5.13. The van der Waals surface area contributed by atoms with Gasteiger partial charge in [-0.2, -0.15) is 0 Å². The van der Waals surface area contributed by atoms with Crippen LogP contribution in [0, 0.1) is 10.7 Å². The van der Waals surface area contributed by atoms with E-state index in [0.717, 1.165) is 25.1 Å². The number of nitrogens with one attached hydrogen (secondary N) is 2. The van der Waals surface area contributed by atoms with E-state index in [9.17, 15) is 4.79 Å². The maximum atomic E-state index is 11.8. The maximum absolute atomic E-state index is 11.8. The summed E-state index contributed by atoms with van der Waals surface area (Å²) < 4.78 is 5.84. The Labute approximate surface area is 118 Å². The highest BCUT2D eigenvalue weighted by atomic mass is 32.1. The van der Waals surface area contributed by atoms with E-state index in [4.69, 9.17) is 17.0 Å². The molecule has 0 spiro atoms. The molecule has 1 aromatic heterocycles. The summed E-state index contributed by atoms with van der Waals surface area (Å²) in [6.45, 7) is 2.19. The fourth-order valence-corrected chi connectivity index (χ4v) is 2.66. The third-order valence-corrected chi connectivity index (χ3v) is 3.73. The van der Waals surface area contributed by atoms with Crippen molar-refractivity contribution in [3.8, 4) is 0 Å². The van der Waals surface area contributed by atoms with Crippen molar-refractivity contribution in [2.45, 2.75) is 58.0 Å². The van der Waals surface area contributed by atoms with Crippen molar-refractivity contribution in [3.63, 3.8) is 0 Å². The van der Waals surface area contributed by atoms with Gasteiger partial charge in [0.15, 0.2) is 0 Å². The zero-order valence-electron chi connectivity index (χ0n) is 11.3. The summed E-state index contributed by atoms with van der Waals surface area (Å²) >= 11 is 4.89. The standard InChI is InChI=1S/C13H21N3O2S/c1-2-3-4-5-6-10-7-9(12(17)18-10)8-11-14-13(19)16-15-11/h9-10H,2-8H2,1H3,(H2,14,15,16,19)/t9-,10-/m0/s1. The monoisotopic (exact) mass is 283 g/mol. The quantitative estimate of drug-likeness (QED) is 0.458. The van der Waals surface area contributed by atoms with Crippen LogP contribution in [0.2, 0.25) is 0 Å². The Hall–Kier alpha value is -1.17. The third-order valence-electron chi connectivity index (χ3n) is 3.53. The molecule has 19 heavy (non-hydrogen) atoms. The number of H-pyrrole nitrogens is 2. The van der Waals surface area contributed by atoms with E-state index in [1.807, 2.05) is 0 Å². The van der Waals surface area contributed by atoms with Crippen LogP contribution >= 0.6 is 12.2 Å². The molecule has 1 saturated heterocycles. The molecule has 0 amide bonds. The van der Waals surface area contributed by atoms with E-state index in [1.54, 1.807) is 0 Å². The van der Waals surface area contributed by atoms with Gasteiger partial charge in [-0.15, -0.1) is 0 Å². The topological polar surface area (TPSA) is 70.8 Å². The highest BCUT2D eigenvalue weighted by molar-refractivity contribution is 7.71. The Morgan fingerprint density at radius 3 is 2.89 bits per heavy atom. The number of nitrogens with zero attached hydrogens (tertiary/aromatic N) is 1. The molecule has 1 aliphatic rings. The highest BCUT2D eigenvalue weighted by Gasteiger charge is 2.34. The number of aromatic nitrogens is 3. The van der Waals surface area contributed by atoms with Gasteiger partial charge in [-0.05, 0) is 31.5 Å². The van der Waals surface area contributed by atoms with Crippen molar-refractivity contribution in [2.75, 3.05) is 0 Å². The number of rotatable bonds is 7. The summed E-state index contributed by atoms with van der Waals surface area (Å²) in [4.78, 5) is 15.9. The fourth-order valence-electron chi connectivity index (χ4n) is 2.50. The molecule has 1 fully saturated rings. The van der Waals surface area contributed by atoms with Gasteiger partial charge in [0, 0.05) is 6.42 Å². The van der Waals surface area contributed by atoms with Crippen molar-refractivity contribution < 1.29 is 9.53 Å². The first-order chi connectivity index (χ1) is 9.19. The lowest BCUT2D eigenvalue weighted by Gasteiger charge is -2.07. The molecular weight excluding hydrogens is 262 g/mol. The van der Waals surface area contributed by atoms with E-state index >= 15 is 0 Å². The summed E-state index contributed by atoms with van der Waals surface area (Å²) in [6, 6.07) is 0. The number of ether oxygens (including phenoxy) is 1. The van der Waals surface area contributed by atoms with Crippen molar-refractivity contribution in [1.82, 2.24) is 15.2 Å². The van der Waals surface area contributed by atoms with Crippen LogP contribution in [0.15, 0.2) is 0 Å². The number of hydrogen-bond donors (Lipinski definition) is 2. The van der Waals surface area contributed by atoms with Crippen molar-refractivity contribution in [1.29, 1.82) is 0 Å². The molecule has 2 N–H and O–H groups in total. The molecule has 0 aromatic carbocycles. The van der Waals surface area contributed by atoms with Crippen molar-refractivity contribution in [2.24, 2.45) is 5.92 Å². The van der Waals surface area contributed by atoms with Gasteiger partial charge in [-0.1, -0.05) is 26.2 Å².